The highest BCUT2D eigenvalue weighted by atomic mass is 28.2. The third-order valence-electron chi connectivity index (χ3n) is 3.34. The van der Waals surface area contributed by atoms with Crippen LogP contribution in [0, 0.1) is 5.41 Å². The molecule has 15 heavy (non-hydrogen) atoms. The SMILES string of the molecule is CCC([SiH2]NCN(CC)CC)C(C)(C)C. The van der Waals surface area contributed by atoms with Crippen LogP contribution in [0.1, 0.15) is 48.0 Å². The molecule has 1 N–H and O–H groups in total. The first-order valence-corrected chi connectivity index (χ1v) is 7.91. The fraction of sp³-hybridized carbons (Fsp3) is 1.00. The Kier molecular flexibility index (Phi) is 7.48. The zero-order chi connectivity index (χ0) is 11.9. The first kappa shape index (κ1) is 15.1. The quantitative estimate of drug-likeness (QED) is 0.533. The summed E-state index contributed by atoms with van der Waals surface area (Å²) in [5.41, 5.74) is 1.39. The van der Waals surface area contributed by atoms with E-state index in [1.807, 2.05) is 0 Å². The van der Waals surface area contributed by atoms with Crippen molar-refractivity contribution in [3.05, 3.63) is 0 Å². The average Bonchev–Trinajstić information content (AvgIpc) is 2.16. The number of hydrogen-bond acceptors (Lipinski definition) is 2. The minimum absolute atomic E-state index is 0.132. The molecule has 0 aromatic rings. The van der Waals surface area contributed by atoms with Crippen LogP contribution in [0.3, 0.4) is 0 Å². The van der Waals surface area contributed by atoms with Crippen LogP contribution in [0.4, 0.5) is 0 Å². The highest BCUT2D eigenvalue weighted by Gasteiger charge is 2.22. The van der Waals surface area contributed by atoms with E-state index in [9.17, 15) is 0 Å². The molecule has 0 aliphatic carbocycles. The maximum atomic E-state index is 3.71. The molecule has 1 atom stereocenters. The van der Waals surface area contributed by atoms with E-state index < -0.39 is 0 Å². The summed E-state index contributed by atoms with van der Waals surface area (Å²) in [5.74, 6) is 0. The Labute approximate surface area is 98.7 Å². The number of nitrogens with zero attached hydrogens (tertiary/aromatic N) is 1. The summed E-state index contributed by atoms with van der Waals surface area (Å²) in [4.78, 5) is 6.16. The van der Waals surface area contributed by atoms with E-state index in [4.69, 9.17) is 0 Å². The van der Waals surface area contributed by atoms with Crippen molar-refractivity contribution in [3.8, 4) is 0 Å². The third kappa shape index (κ3) is 6.33. The molecule has 0 fully saturated rings. The Morgan fingerprint density at radius 2 is 1.67 bits per heavy atom. The third-order valence-corrected chi connectivity index (χ3v) is 6.15. The van der Waals surface area contributed by atoms with Crippen molar-refractivity contribution >= 4 is 9.68 Å². The van der Waals surface area contributed by atoms with Gasteiger partial charge in [0, 0.05) is 6.67 Å². The lowest BCUT2D eigenvalue weighted by Crippen LogP contribution is -2.39. The Morgan fingerprint density at radius 3 is 2.00 bits per heavy atom. The molecule has 0 rings (SSSR count). The molecule has 92 valence electrons. The summed E-state index contributed by atoms with van der Waals surface area (Å²) in [6, 6.07) is 0. The van der Waals surface area contributed by atoms with E-state index >= 15 is 0 Å². The van der Waals surface area contributed by atoms with Gasteiger partial charge in [-0.25, -0.2) is 0 Å². The molecule has 0 amide bonds. The van der Waals surface area contributed by atoms with Crippen LogP contribution in [-0.4, -0.2) is 34.3 Å². The van der Waals surface area contributed by atoms with Crippen LogP contribution in [0.15, 0.2) is 0 Å². The number of nitrogens with one attached hydrogen (secondary N) is 1. The van der Waals surface area contributed by atoms with Crippen LogP contribution in [0.5, 0.6) is 0 Å². The van der Waals surface area contributed by atoms with E-state index in [0.717, 1.165) is 25.3 Å². The summed E-state index contributed by atoms with van der Waals surface area (Å²) in [6.07, 6.45) is 1.32. The van der Waals surface area contributed by atoms with Gasteiger partial charge in [-0.15, -0.1) is 0 Å². The Bertz CT molecular complexity index is 150. The molecular weight excluding hydrogens is 200 g/mol. The second-order valence-electron chi connectivity index (χ2n) is 5.39. The molecule has 0 aliphatic heterocycles. The molecule has 3 heteroatoms. The second-order valence-corrected chi connectivity index (χ2v) is 7.28. The Morgan fingerprint density at radius 1 is 1.13 bits per heavy atom. The fourth-order valence-corrected chi connectivity index (χ4v) is 3.60. The predicted molar refractivity (Wildman–Crippen MR) is 73.0 cm³/mol. The molecule has 0 aromatic carbocycles. The molecule has 0 saturated heterocycles. The van der Waals surface area contributed by atoms with Crippen molar-refractivity contribution in [1.29, 1.82) is 0 Å². The topological polar surface area (TPSA) is 15.3 Å². The van der Waals surface area contributed by atoms with Crippen LogP contribution >= 0.6 is 0 Å². The highest BCUT2D eigenvalue weighted by molar-refractivity contribution is 6.34. The van der Waals surface area contributed by atoms with Crippen LogP contribution in [0.25, 0.3) is 0 Å². The van der Waals surface area contributed by atoms with Gasteiger partial charge in [0.2, 0.25) is 0 Å². The minimum Gasteiger partial charge on any atom is -0.330 e. The van der Waals surface area contributed by atoms with Crippen molar-refractivity contribution in [2.24, 2.45) is 5.41 Å². The van der Waals surface area contributed by atoms with Gasteiger partial charge < -0.3 is 4.98 Å². The van der Waals surface area contributed by atoms with Gasteiger partial charge in [-0.05, 0) is 24.0 Å². The van der Waals surface area contributed by atoms with Crippen molar-refractivity contribution in [2.45, 2.75) is 53.5 Å². The molecule has 0 aromatic heterocycles. The van der Waals surface area contributed by atoms with Gasteiger partial charge in [0.25, 0.3) is 0 Å². The molecule has 2 nitrogen and oxygen atoms in total. The fourth-order valence-electron chi connectivity index (χ4n) is 1.91. The molecule has 0 saturated carbocycles. The van der Waals surface area contributed by atoms with E-state index in [1.54, 1.807) is 0 Å². The normalized spacial score (nSPS) is 15.4. The van der Waals surface area contributed by atoms with Crippen LogP contribution in [-0.2, 0) is 0 Å². The lowest BCUT2D eigenvalue weighted by atomic mass is 9.90. The summed E-state index contributed by atoms with van der Waals surface area (Å²) in [6.45, 7) is 17.3. The predicted octanol–water partition coefficient (Wildman–Crippen LogP) is 2.20. The van der Waals surface area contributed by atoms with Crippen molar-refractivity contribution in [3.63, 3.8) is 0 Å². The smallest absolute Gasteiger partial charge is 0.0966 e. The van der Waals surface area contributed by atoms with E-state index in [1.165, 1.54) is 6.42 Å². The minimum atomic E-state index is -0.132. The Hall–Kier alpha value is 0.137. The summed E-state index contributed by atoms with van der Waals surface area (Å²) in [5, 5.41) is 0. The van der Waals surface area contributed by atoms with Crippen molar-refractivity contribution < 1.29 is 0 Å². The first-order valence-electron chi connectivity index (χ1n) is 6.38. The van der Waals surface area contributed by atoms with E-state index in [2.05, 4.69) is 51.4 Å². The van der Waals surface area contributed by atoms with Gasteiger partial charge in [-0.1, -0.05) is 48.0 Å². The maximum absolute atomic E-state index is 3.71. The first-order chi connectivity index (χ1) is 6.95. The van der Waals surface area contributed by atoms with Crippen LogP contribution < -0.4 is 4.98 Å². The molecule has 1 unspecified atom stereocenters. The van der Waals surface area contributed by atoms with Crippen molar-refractivity contribution in [2.75, 3.05) is 19.8 Å². The zero-order valence-corrected chi connectivity index (χ0v) is 13.0. The van der Waals surface area contributed by atoms with E-state index in [0.29, 0.717) is 5.41 Å². The maximum Gasteiger partial charge on any atom is 0.0966 e. The monoisotopic (exact) mass is 230 g/mol. The van der Waals surface area contributed by atoms with Gasteiger partial charge in [0.15, 0.2) is 0 Å². The molecule has 0 spiro atoms. The second kappa shape index (κ2) is 7.42. The zero-order valence-electron chi connectivity index (χ0n) is 11.6. The lowest BCUT2D eigenvalue weighted by Gasteiger charge is -2.30. The van der Waals surface area contributed by atoms with Crippen LogP contribution in [0.2, 0.25) is 5.54 Å². The molecular formula is C12H30N2Si. The van der Waals surface area contributed by atoms with E-state index in [-0.39, 0.29) is 9.68 Å². The van der Waals surface area contributed by atoms with Gasteiger partial charge in [-0.3, -0.25) is 4.90 Å². The molecule has 0 radical (unpaired) electrons. The lowest BCUT2D eigenvalue weighted by molar-refractivity contribution is 0.297. The molecule has 0 bridgehead atoms. The Balaban J connectivity index is 3.82. The van der Waals surface area contributed by atoms with Crippen molar-refractivity contribution in [1.82, 2.24) is 9.88 Å². The summed E-state index contributed by atoms with van der Waals surface area (Å²) < 4.78 is 0. The number of rotatable bonds is 7. The average molecular weight is 230 g/mol. The van der Waals surface area contributed by atoms with Gasteiger partial charge in [0.05, 0.1) is 9.68 Å². The van der Waals surface area contributed by atoms with Gasteiger partial charge in [-0.2, -0.15) is 0 Å². The van der Waals surface area contributed by atoms with Gasteiger partial charge in [0.1, 0.15) is 0 Å². The largest absolute Gasteiger partial charge is 0.330 e. The summed E-state index contributed by atoms with van der Waals surface area (Å²) in [7, 11) is -0.132. The molecule has 0 heterocycles. The summed E-state index contributed by atoms with van der Waals surface area (Å²) >= 11 is 0. The molecule has 0 aliphatic rings. The van der Waals surface area contributed by atoms with Gasteiger partial charge >= 0.3 is 0 Å². The number of hydrogen-bond donors (Lipinski definition) is 1. The standard InChI is InChI=1S/C12H30N2Si/c1-7-11(12(4,5)6)15-13-10-14(8-2)9-3/h11,13H,7-10,15H2,1-6H3. The highest BCUT2D eigenvalue weighted by Crippen LogP contribution is 2.32.